The van der Waals surface area contributed by atoms with Crippen molar-refractivity contribution in [2.24, 2.45) is 0 Å². The van der Waals surface area contributed by atoms with E-state index in [9.17, 15) is 0 Å². The first-order chi connectivity index (χ1) is 20.9. The molecule has 1 radical (unpaired) electrons. The number of imidazole rings is 1. The van der Waals surface area contributed by atoms with Gasteiger partial charge in [0, 0.05) is 18.6 Å². The van der Waals surface area contributed by atoms with Crippen molar-refractivity contribution in [2.75, 3.05) is 0 Å². The van der Waals surface area contributed by atoms with Gasteiger partial charge in [-0.3, -0.25) is 4.98 Å². The maximum atomic E-state index is 4.95. The van der Waals surface area contributed by atoms with Gasteiger partial charge in [0.15, 0.2) is 8.07 Å². The lowest BCUT2D eigenvalue weighted by Crippen LogP contribution is -2.70. The summed E-state index contributed by atoms with van der Waals surface area (Å²) in [6.07, 6.45) is 4.96. The maximum Gasteiger partial charge on any atom is 0.215 e. The van der Waals surface area contributed by atoms with E-state index >= 15 is 0 Å². The van der Waals surface area contributed by atoms with Gasteiger partial charge in [-0.05, 0) is 43.5 Å². The molecule has 0 atom stereocenters. The van der Waals surface area contributed by atoms with E-state index < -0.39 is 8.07 Å². The fourth-order valence-electron chi connectivity index (χ4n) is 6.20. The first-order valence-electron chi connectivity index (χ1n) is 15.1. The molecule has 1 aromatic heterocycles. The summed E-state index contributed by atoms with van der Waals surface area (Å²) >= 11 is 0. The molecule has 0 fully saturated rings. The third-order valence-electron chi connectivity index (χ3n) is 8.57. The van der Waals surface area contributed by atoms with Crippen LogP contribution in [0.3, 0.4) is 0 Å². The second kappa shape index (κ2) is 12.4. The number of benzene rings is 5. The fourth-order valence-corrected chi connectivity index (χ4v) is 10.8. The van der Waals surface area contributed by atoms with Crippen molar-refractivity contribution in [2.45, 2.75) is 38.2 Å². The first-order valence-corrected chi connectivity index (χ1v) is 17.3. The molecule has 43 heavy (non-hydrogen) atoms. The largest absolute Gasteiger partial charge is 0.345 e. The molecule has 0 N–H and O–H groups in total. The number of hydrogen-bond acceptors (Lipinski definition) is 1. The Balaban J connectivity index is 1.49. The lowest BCUT2D eigenvalue weighted by molar-refractivity contribution is 0.590. The molecule has 0 aliphatic carbocycles. The Bertz CT molecular complexity index is 1650. The lowest BCUT2D eigenvalue weighted by Gasteiger charge is -2.35. The third kappa shape index (κ3) is 6.07. The quantitative estimate of drug-likeness (QED) is 0.153. The highest BCUT2D eigenvalue weighted by Gasteiger charge is 2.40. The number of aromatic nitrogens is 2. The average molecular weight is 574 g/mol. The Morgan fingerprint density at radius 3 is 1.51 bits per heavy atom. The maximum absolute atomic E-state index is 4.95. The predicted octanol–water partition coefficient (Wildman–Crippen LogP) is 6.01. The Morgan fingerprint density at radius 1 is 0.605 bits per heavy atom. The minimum absolute atomic E-state index is 0.0958. The van der Waals surface area contributed by atoms with Gasteiger partial charge in [-0.2, -0.15) is 0 Å². The van der Waals surface area contributed by atoms with Gasteiger partial charge < -0.3 is 4.57 Å². The summed E-state index contributed by atoms with van der Waals surface area (Å²) in [6, 6.07) is 53.3. The van der Waals surface area contributed by atoms with E-state index in [2.05, 4.69) is 184 Å². The predicted molar refractivity (Wildman–Crippen MR) is 185 cm³/mol. The van der Waals surface area contributed by atoms with Crippen LogP contribution in [0.15, 0.2) is 158 Å². The molecule has 0 aliphatic rings. The Hall–Kier alpha value is -4.41. The molecule has 211 valence electrons. The summed E-state index contributed by atoms with van der Waals surface area (Å²) in [4.78, 5) is 4.95. The molecule has 2 nitrogen and oxygen atoms in total. The molecule has 0 bridgehead atoms. The molecule has 0 saturated carbocycles. The zero-order chi connectivity index (χ0) is 29.7. The Morgan fingerprint density at radius 2 is 1.05 bits per heavy atom. The van der Waals surface area contributed by atoms with Crippen molar-refractivity contribution in [3.8, 4) is 0 Å². The standard InChI is InChI=1S/C39H38BN2Si/c1-39(2,3)33-24-26-36(27-25-33)43(34-20-12-6-13-21-34,35-22-14-7-15-23-35)30-42-29-28-41-38(42)40-37(31-16-8-4-9-17-31)32-18-10-5-11-19-32/h4-29,37H,30H2,1-3H3. The molecule has 0 unspecified atom stereocenters. The zero-order valence-corrected chi connectivity index (χ0v) is 26.3. The summed E-state index contributed by atoms with van der Waals surface area (Å²) in [5.74, 6) is 0.0964. The van der Waals surface area contributed by atoms with Crippen LogP contribution in [-0.4, -0.2) is 24.9 Å². The van der Waals surface area contributed by atoms with Gasteiger partial charge in [-0.15, -0.1) is 0 Å². The normalized spacial score (nSPS) is 11.9. The molecule has 5 aromatic carbocycles. The summed E-state index contributed by atoms with van der Waals surface area (Å²) in [7, 11) is -0.213. The third-order valence-corrected chi connectivity index (χ3v) is 13.3. The van der Waals surface area contributed by atoms with E-state index in [0.29, 0.717) is 0 Å². The minimum atomic E-state index is -2.55. The molecular formula is C39H38BN2Si. The fraction of sp³-hybridized carbons (Fsp3) is 0.154. The van der Waals surface area contributed by atoms with Gasteiger partial charge in [0.05, 0.1) is 5.72 Å². The van der Waals surface area contributed by atoms with Crippen molar-refractivity contribution in [3.05, 3.63) is 175 Å². The van der Waals surface area contributed by atoms with Crippen LogP contribution >= 0.6 is 0 Å². The topological polar surface area (TPSA) is 17.8 Å². The van der Waals surface area contributed by atoms with Crippen LogP contribution < -0.4 is 21.3 Å². The summed E-state index contributed by atoms with van der Waals surface area (Å²) in [5.41, 5.74) is 4.96. The van der Waals surface area contributed by atoms with Crippen molar-refractivity contribution in [1.82, 2.24) is 9.55 Å². The van der Waals surface area contributed by atoms with Crippen LogP contribution in [-0.2, 0) is 11.6 Å². The highest BCUT2D eigenvalue weighted by molar-refractivity contribution is 7.10. The highest BCUT2D eigenvalue weighted by Crippen LogP contribution is 2.24. The summed E-state index contributed by atoms with van der Waals surface area (Å²) < 4.78 is 2.39. The SMILES string of the molecule is CC(C)(C)c1ccc([Si](Cn2ccnc2[B]C(c2ccccc2)c2ccccc2)(c2ccccc2)c2ccccc2)cc1. The second-order valence-corrected chi connectivity index (χ2v) is 16.2. The van der Waals surface area contributed by atoms with Gasteiger partial charge in [-0.25, -0.2) is 0 Å². The van der Waals surface area contributed by atoms with E-state index in [-0.39, 0.29) is 11.2 Å². The molecule has 6 aromatic rings. The van der Waals surface area contributed by atoms with Gasteiger partial charge in [0.25, 0.3) is 0 Å². The second-order valence-electron chi connectivity index (χ2n) is 12.3. The average Bonchev–Trinajstić information content (AvgIpc) is 3.50. The smallest absolute Gasteiger partial charge is 0.215 e. The zero-order valence-electron chi connectivity index (χ0n) is 25.3. The van der Waals surface area contributed by atoms with Crippen molar-refractivity contribution >= 4 is 36.6 Å². The number of hydrogen-bond donors (Lipinski definition) is 0. The van der Waals surface area contributed by atoms with Crippen LogP contribution in [0.1, 0.15) is 43.3 Å². The molecule has 4 heteroatoms. The molecule has 0 saturated heterocycles. The van der Waals surface area contributed by atoms with E-state index in [0.717, 1.165) is 11.9 Å². The molecule has 1 heterocycles. The first kappa shape index (κ1) is 28.7. The van der Waals surface area contributed by atoms with Gasteiger partial charge >= 0.3 is 0 Å². The van der Waals surface area contributed by atoms with E-state index in [4.69, 9.17) is 4.98 Å². The van der Waals surface area contributed by atoms with E-state index in [1.54, 1.807) is 0 Å². The lowest BCUT2D eigenvalue weighted by atomic mass is 9.58. The summed E-state index contributed by atoms with van der Waals surface area (Å²) in [5, 5.41) is 4.19. The van der Waals surface area contributed by atoms with Crippen LogP contribution in [0.25, 0.3) is 0 Å². The van der Waals surface area contributed by atoms with E-state index in [1.165, 1.54) is 32.3 Å². The Kier molecular flexibility index (Phi) is 8.31. The van der Waals surface area contributed by atoms with Crippen LogP contribution in [0.2, 0.25) is 0 Å². The van der Waals surface area contributed by atoms with Crippen LogP contribution in [0.5, 0.6) is 0 Å². The van der Waals surface area contributed by atoms with E-state index in [1.807, 2.05) is 6.20 Å². The highest BCUT2D eigenvalue weighted by atomic mass is 28.3. The molecule has 0 amide bonds. The minimum Gasteiger partial charge on any atom is -0.345 e. The molecule has 6 rings (SSSR count). The van der Waals surface area contributed by atoms with Gasteiger partial charge in [-0.1, -0.05) is 166 Å². The summed E-state index contributed by atoms with van der Waals surface area (Å²) in [6.45, 7) is 6.85. The van der Waals surface area contributed by atoms with Crippen molar-refractivity contribution in [3.63, 3.8) is 0 Å². The van der Waals surface area contributed by atoms with Gasteiger partial charge in [0.1, 0.15) is 0 Å². The monoisotopic (exact) mass is 573 g/mol. The van der Waals surface area contributed by atoms with Crippen molar-refractivity contribution in [1.29, 1.82) is 0 Å². The van der Waals surface area contributed by atoms with Crippen molar-refractivity contribution < 1.29 is 0 Å². The Labute approximate surface area is 258 Å². The van der Waals surface area contributed by atoms with Crippen LogP contribution in [0.4, 0.5) is 0 Å². The number of nitrogens with zero attached hydrogens (tertiary/aromatic N) is 2. The van der Waals surface area contributed by atoms with Gasteiger partial charge in [0.2, 0.25) is 7.28 Å². The van der Waals surface area contributed by atoms with Crippen LogP contribution in [0, 0.1) is 0 Å². The molecule has 0 spiro atoms. The number of rotatable bonds is 9. The molecular weight excluding hydrogens is 535 g/mol. The molecule has 0 aliphatic heterocycles.